The standard InChI is InChI=1S/C14H28N4O2S/c1-11(2)10-17(6)21(19,20)14-12(3)16-18(13(14)4)9-7-8-15-5/h11,15H,7-10H2,1-6H3. The zero-order chi connectivity index (χ0) is 16.2. The van der Waals surface area contributed by atoms with E-state index in [4.69, 9.17) is 0 Å². The molecule has 1 aromatic rings. The maximum absolute atomic E-state index is 12.7. The highest BCUT2D eigenvalue weighted by molar-refractivity contribution is 7.89. The quantitative estimate of drug-likeness (QED) is 0.736. The van der Waals surface area contributed by atoms with E-state index in [0.29, 0.717) is 17.1 Å². The second kappa shape index (κ2) is 7.38. The molecule has 21 heavy (non-hydrogen) atoms. The molecular formula is C14H28N4O2S. The van der Waals surface area contributed by atoms with Gasteiger partial charge in [-0.25, -0.2) is 12.7 Å². The lowest BCUT2D eigenvalue weighted by atomic mass is 10.2. The van der Waals surface area contributed by atoms with Crippen LogP contribution >= 0.6 is 0 Å². The minimum absolute atomic E-state index is 0.288. The first-order valence-electron chi connectivity index (χ1n) is 7.36. The van der Waals surface area contributed by atoms with E-state index < -0.39 is 10.0 Å². The molecule has 0 radical (unpaired) electrons. The van der Waals surface area contributed by atoms with Crippen molar-refractivity contribution >= 4 is 10.0 Å². The van der Waals surface area contributed by atoms with Gasteiger partial charge in [-0.15, -0.1) is 0 Å². The van der Waals surface area contributed by atoms with E-state index in [1.807, 2.05) is 27.8 Å². The molecule has 0 bridgehead atoms. The Morgan fingerprint density at radius 1 is 1.33 bits per heavy atom. The van der Waals surface area contributed by atoms with Gasteiger partial charge in [-0.3, -0.25) is 4.68 Å². The van der Waals surface area contributed by atoms with Gasteiger partial charge in [0.05, 0.1) is 11.4 Å². The SMILES string of the molecule is CNCCCn1nc(C)c(S(=O)(=O)N(C)CC(C)C)c1C. The summed E-state index contributed by atoms with van der Waals surface area (Å²) < 4.78 is 28.6. The maximum Gasteiger partial charge on any atom is 0.246 e. The summed E-state index contributed by atoms with van der Waals surface area (Å²) in [5, 5.41) is 7.47. The van der Waals surface area contributed by atoms with Crippen molar-refractivity contribution in [1.29, 1.82) is 0 Å². The second-order valence-electron chi connectivity index (χ2n) is 5.86. The molecule has 0 atom stereocenters. The first-order chi connectivity index (χ1) is 9.71. The van der Waals surface area contributed by atoms with Crippen molar-refractivity contribution in [2.75, 3.05) is 27.2 Å². The third kappa shape index (κ3) is 4.28. The Labute approximate surface area is 128 Å². The largest absolute Gasteiger partial charge is 0.320 e. The fourth-order valence-corrected chi connectivity index (χ4v) is 4.14. The van der Waals surface area contributed by atoms with E-state index in [9.17, 15) is 8.42 Å². The van der Waals surface area contributed by atoms with Crippen LogP contribution in [0.5, 0.6) is 0 Å². The van der Waals surface area contributed by atoms with Crippen LogP contribution < -0.4 is 5.32 Å². The van der Waals surface area contributed by atoms with E-state index in [0.717, 1.165) is 25.2 Å². The highest BCUT2D eigenvalue weighted by Gasteiger charge is 2.28. The minimum atomic E-state index is -3.47. The molecule has 0 fully saturated rings. The molecule has 0 saturated carbocycles. The van der Waals surface area contributed by atoms with Crippen LogP contribution in [0, 0.1) is 19.8 Å². The molecule has 0 unspecified atom stereocenters. The van der Waals surface area contributed by atoms with Gasteiger partial charge in [0, 0.05) is 20.1 Å². The average Bonchev–Trinajstić information content (AvgIpc) is 2.64. The van der Waals surface area contributed by atoms with Crippen LogP contribution in [-0.2, 0) is 16.6 Å². The Morgan fingerprint density at radius 3 is 2.48 bits per heavy atom. The molecule has 1 rings (SSSR count). The molecule has 0 aliphatic heterocycles. The van der Waals surface area contributed by atoms with Crippen LogP contribution in [0.1, 0.15) is 31.7 Å². The zero-order valence-electron chi connectivity index (χ0n) is 14.0. The van der Waals surface area contributed by atoms with Gasteiger partial charge in [-0.05, 0) is 39.8 Å². The molecule has 0 aliphatic rings. The lowest BCUT2D eigenvalue weighted by Crippen LogP contribution is -2.31. The smallest absolute Gasteiger partial charge is 0.246 e. The van der Waals surface area contributed by atoms with Gasteiger partial charge in [-0.1, -0.05) is 13.8 Å². The molecule has 0 aromatic carbocycles. The van der Waals surface area contributed by atoms with Crippen molar-refractivity contribution < 1.29 is 8.42 Å². The molecular weight excluding hydrogens is 288 g/mol. The maximum atomic E-state index is 12.7. The molecule has 122 valence electrons. The highest BCUT2D eigenvalue weighted by atomic mass is 32.2. The van der Waals surface area contributed by atoms with Gasteiger partial charge in [-0.2, -0.15) is 5.10 Å². The van der Waals surface area contributed by atoms with Crippen molar-refractivity contribution in [1.82, 2.24) is 19.4 Å². The number of aryl methyl sites for hydroxylation is 2. The summed E-state index contributed by atoms with van der Waals surface area (Å²) in [5.41, 5.74) is 1.30. The van der Waals surface area contributed by atoms with Gasteiger partial charge in [0.25, 0.3) is 0 Å². The molecule has 0 aliphatic carbocycles. The third-order valence-electron chi connectivity index (χ3n) is 3.40. The Morgan fingerprint density at radius 2 is 1.95 bits per heavy atom. The highest BCUT2D eigenvalue weighted by Crippen LogP contribution is 2.23. The number of rotatable bonds is 8. The molecule has 0 saturated heterocycles. The van der Waals surface area contributed by atoms with Gasteiger partial charge >= 0.3 is 0 Å². The van der Waals surface area contributed by atoms with E-state index in [-0.39, 0.29) is 5.92 Å². The van der Waals surface area contributed by atoms with Crippen molar-refractivity contribution in [2.24, 2.45) is 5.92 Å². The predicted molar refractivity (Wildman–Crippen MR) is 84.9 cm³/mol. The molecule has 1 aromatic heterocycles. The van der Waals surface area contributed by atoms with Crippen LogP contribution in [0.25, 0.3) is 0 Å². The summed E-state index contributed by atoms with van der Waals surface area (Å²) >= 11 is 0. The Hall–Kier alpha value is -0.920. The van der Waals surface area contributed by atoms with Gasteiger partial charge < -0.3 is 5.32 Å². The van der Waals surface area contributed by atoms with Crippen molar-refractivity contribution in [3.8, 4) is 0 Å². The van der Waals surface area contributed by atoms with E-state index in [1.54, 1.807) is 18.7 Å². The van der Waals surface area contributed by atoms with E-state index >= 15 is 0 Å². The monoisotopic (exact) mass is 316 g/mol. The second-order valence-corrected chi connectivity index (χ2v) is 7.84. The summed E-state index contributed by atoms with van der Waals surface area (Å²) in [4.78, 5) is 0.357. The fourth-order valence-electron chi connectivity index (χ4n) is 2.45. The molecule has 7 heteroatoms. The van der Waals surface area contributed by atoms with Crippen LogP contribution in [0.2, 0.25) is 0 Å². The predicted octanol–water partition coefficient (Wildman–Crippen LogP) is 1.39. The number of aromatic nitrogens is 2. The average molecular weight is 316 g/mol. The number of hydrogen-bond acceptors (Lipinski definition) is 4. The van der Waals surface area contributed by atoms with Crippen molar-refractivity contribution in [2.45, 2.75) is 45.6 Å². The molecule has 1 heterocycles. The molecule has 1 N–H and O–H groups in total. The van der Waals surface area contributed by atoms with Gasteiger partial charge in [0.15, 0.2) is 0 Å². The third-order valence-corrected chi connectivity index (χ3v) is 5.48. The van der Waals surface area contributed by atoms with Gasteiger partial charge in [0.1, 0.15) is 4.90 Å². The first-order valence-corrected chi connectivity index (χ1v) is 8.80. The zero-order valence-corrected chi connectivity index (χ0v) is 14.8. The normalized spacial score (nSPS) is 12.6. The number of nitrogens with zero attached hydrogens (tertiary/aromatic N) is 3. The van der Waals surface area contributed by atoms with E-state index in [2.05, 4.69) is 10.4 Å². The van der Waals surface area contributed by atoms with Crippen LogP contribution in [-0.4, -0.2) is 49.7 Å². The Balaban J connectivity index is 3.07. The fraction of sp³-hybridized carbons (Fsp3) is 0.786. The summed E-state index contributed by atoms with van der Waals surface area (Å²) in [6.45, 7) is 9.71. The lowest BCUT2D eigenvalue weighted by Gasteiger charge is -2.19. The number of hydrogen-bond donors (Lipinski definition) is 1. The molecule has 0 spiro atoms. The number of nitrogens with one attached hydrogen (secondary N) is 1. The van der Waals surface area contributed by atoms with Crippen LogP contribution in [0.15, 0.2) is 4.90 Å². The summed E-state index contributed by atoms with van der Waals surface area (Å²) in [6, 6.07) is 0. The lowest BCUT2D eigenvalue weighted by molar-refractivity contribution is 0.416. The Kier molecular flexibility index (Phi) is 6.37. The molecule has 6 nitrogen and oxygen atoms in total. The minimum Gasteiger partial charge on any atom is -0.320 e. The van der Waals surface area contributed by atoms with Crippen molar-refractivity contribution in [3.05, 3.63) is 11.4 Å². The van der Waals surface area contributed by atoms with Crippen LogP contribution in [0.3, 0.4) is 0 Å². The topological polar surface area (TPSA) is 67.2 Å². The summed E-state index contributed by atoms with van der Waals surface area (Å²) in [6.07, 6.45) is 0.916. The van der Waals surface area contributed by atoms with E-state index in [1.165, 1.54) is 4.31 Å². The first kappa shape index (κ1) is 18.1. The van der Waals surface area contributed by atoms with Crippen LogP contribution in [0.4, 0.5) is 0 Å². The number of sulfonamides is 1. The Bertz CT molecular complexity index is 564. The molecule has 0 amide bonds. The van der Waals surface area contributed by atoms with Gasteiger partial charge in [0.2, 0.25) is 10.0 Å². The summed E-state index contributed by atoms with van der Waals surface area (Å²) in [5.74, 6) is 0.288. The summed E-state index contributed by atoms with van der Waals surface area (Å²) in [7, 11) is 0.0615. The van der Waals surface area contributed by atoms with Crippen molar-refractivity contribution in [3.63, 3.8) is 0 Å².